The van der Waals surface area contributed by atoms with E-state index in [2.05, 4.69) is 47.8 Å². The van der Waals surface area contributed by atoms with Crippen LogP contribution in [0.5, 0.6) is 0 Å². The van der Waals surface area contributed by atoms with Crippen LogP contribution >= 0.6 is 23.2 Å². The van der Waals surface area contributed by atoms with Crippen LogP contribution in [0.1, 0.15) is 26.5 Å². The summed E-state index contributed by atoms with van der Waals surface area (Å²) < 4.78 is 2.15. The minimum Gasteiger partial charge on any atom is -0.352 e. The van der Waals surface area contributed by atoms with Crippen LogP contribution in [-0.4, -0.2) is 20.6 Å². The van der Waals surface area contributed by atoms with Crippen LogP contribution in [0.25, 0.3) is 28.1 Å². The number of aromatic nitrogens is 3. The SMILES string of the molecule is CCc1ccc(Nc2cc3nc4ccccc4n(-c4ccc(Cl)c(Cl)c4)c-3cc2=NC(C)C)cn1. The number of pyridine rings is 1. The second-order valence-corrected chi connectivity index (χ2v) is 9.45. The van der Waals surface area contributed by atoms with E-state index in [1.165, 1.54) is 0 Å². The number of halogens is 2. The molecule has 1 N–H and O–H groups in total. The molecule has 0 bridgehead atoms. The molecule has 7 heteroatoms. The number of para-hydroxylation sites is 2. The third kappa shape index (κ3) is 4.75. The van der Waals surface area contributed by atoms with Gasteiger partial charge in [0.05, 0.1) is 55.4 Å². The number of hydrogen-bond acceptors (Lipinski definition) is 4. The summed E-state index contributed by atoms with van der Waals surface area (Å²) in [5.74, 6) is 0. The Morgan fingerprint density at radius 1 is 0.971 bits per heavy atom. The lowest BCUT2D eigenvalue weighted by atomic mass is 10.1. The zero-order chi connectivity index (χ0) is 24.5. The van der Waals surface area contributed by atoms with Crippen molar-refractivity contribution < 1.29 is 0 Å². The van der Waals surface area contributed by atoms with Crippen LogP contribution in [0.4, 0.5) is 11.4 Å². The molecule has 0 fully saturated rings. The van der Waals surface area contributed by atoms with E-state index in [1.54, 1.807) is 0 Å². The summed E-state index contributed by atoms with van der Waals surface area (Å²) in [6.45, 7) is 6.23. The van der Waals surface area contributed by atoms with Gasteiger partial charge in [-0.2, -0.15) is 0 Å². The third-order valence-corrected chi connectivity index (χ3v) is 6.46. The molecule has 3 aromatic rings. The Morgan fingerprint density at radius 3 is 2.51 bits per heavy atom. The molecule has 0 spiro atoms. The second-order valence-electron chi connectivity index (χ2n) is 8.63. The van der Waals surface area contributed by atoms with E-state index in [0.717, 1.165) is 57.0 Å². The summed E-state index contributed by atoms with van der Waals surface area (Å²) in [4.78, 5) is 14.4. The summed E-state index contributed by atoms with van der Waals surface area (Å²) in [6.07, 6.45) is 2.75. The highest BCUT2D eigenvalue weighted by atomic mass is 35.5. The number of rotatable bonds is 5. The number of hydrogen-bond donors (Lipinski definition) is 1. The monoisotopic (exact) mass is 501 g/mol. The van der Waals surface area contributed by atoms with Crippen LogP contribution in [0.15, 0.2) is 77.9 Å². The fourth-order valence-electron chi connectivity index (χ4n) is 4.09. The Hall–Kier alpha value is -3.41. The first-order valence-electron chi connectivity index (χ1n) is 11.6. The topological polar surface area (TPSA) is 55.1 Å². The van der Waals surface area contributed by atoms with Crippen LogP contribution in [0.2, 0.25) is 10.0 Å². The number of benzene rings is 3. The van der Waals surface area contributed by atoms with Crippen molar-refractivity contribution in [1.82, 2.24) is 14.5 Å². The lowest BCUT2D eigenvalue weighted by molar-refractivity contribution is 0.806. The van der Waals surface area contributed by atoms with Gasteiger partial charge in [-0.15, -0.1) is 0 Å². The van der Waals surface area contributed by atoms with Crippen LogP contribution in [-0.2, 0) is 6.42 Å². The van der Waals surface area contributed by atoms with Gasteiger partial charge < -0.3 is 9.88 Å². The molecular formula is C28H25Cl2N5. The van der Waals surface area contributed by atoms with Crippen LogP contribution in [0, 0.1) is 0 Å². The van der Waals surface area contributed by atoms with Crippen molar-refractivity contribution in [1.29, 1.82) is 0 Å². The van der Waals surface area contributed by atoms with Crippen LogP contribution in [0.3, 0.4) is 0 Å². The van der Waals surface area contributed by atoms with Gasteiger partial charge in [0.15, 0.2) is 0 Å². The van der Waals surface area contributed by atoms with Gasteiger partial charge in [0.2, 0.25) is 0 Å². The van der Waals surface area contributed by atoms with Gasteiger partial charge in [0.25, 0.3) is 0 Å². The van der Waals surface area contributed by atoms with Crippen molar-refractivity contribution in [3.8, 4) is 17.1 Å². The summed E-state index contributed by atoms with van der Waals surface area (Å²) in [5.41, 5.74) is 7.33. The highest BCUT2D eigenvalue weighted by Gasteiger charge is 2.17. The molecule has 2 heterocycles. The van der Waals surface area contributed by atoms with E-state index in [-0.39, 0.29) is 6.04 Å². The summed E-state index contributed by atoms with van der Waals surface area (Å²) >= 11 is 12.6. The molecule has 1 aliphatic carbocycles. The molecule has 0 unspecified atom stereocenters. The maximum absolute atomic E-state index is 6.41. The maximum atomic E-state index is 6.41. The number of anilines is 2. The standard InChI is InChI=1S/C28H25Cl2N5/c1-4-18-9-10-19(16-31-18)33-24-14-26-28(15-25(24)32-17(2)3)35(20-11-12-21(29)22(30)13-20)27-8-6-5-7-23(27)34-26/h5-17,33H,4H2,1-3H3. The molecule has 0 atom stereocenters. The third-order valence-electron chi connectivity index (χ3n) is 5.72. The van der Waals surface area contributed by atoms with Gasteiger partial charge in [0, 0.05) is 17.4 Å². The van der Waals surface area contributed by atoms with E-state index in [0.29, 0.717) is 10.0 Å². The molecule has 35 heavy (non-hydrogen) atoms. The lowest BCUT2D eigenvalue weighted by Gasteiger charge is -2.20. The predicted molar refractivity (Wildman–Crippen MR) is 145 cm³/mol. The van der Waals surface area contributed by atoms with Gasteiger partial charge >= 0.3 is 0 Å². The highest BCUT2D eigenvalue weighted by molar-refractivity contribution is 6.42. The van der Waals surface area contributed by atoms with Gasteiger partial charge in [-0.05, 0) is 74.9 Å². The zero-order valence-corrected chi connectivity index (χ0v) is 21.3. The van der Waals surface area contributed by atoms with E-state index in [9.17, 15) is 0 Å². The Kier molecular flexibility index (Phi) is 6.46. The van der Waals surface area contributed by atoms with Gasteiger partial charge in [-0.25, -0.2) is 4.98 Å². The molecule has 1 aromatic heterocycles. The molecule has 0 saturated heterocycles. The molecule has 0 saturated carbocycles. The number of nitrogens with one attached hydrogen (secondary N) is 1. The van der Waals surface area contributed by atoms with Crippen molar-refractivity contribution in [2.45, 2.75) is 33.2 Å². The molecule has 1 aliphatic heterocycles. The Labute approximate surface area is 214 Å². The maximum Gasteiger partial charge on any atom is 0.0900 e. The van der Waals surface area contributed by atoms with E-state index in [4.69, 9.17) is 33.2 Å². The average molecular weight is 502 g/mol. The Morgan fingerprint density at radius 2 is 1.80 bits per heavy atom. The number of nitrogens with zero attached hydrogens (tertiary/aromatic N) is 4. The lowest BCUT2D eigenvalue weighted by Crippen LogP contribution is -2.16. The number of aryl methyl sites for hydroxylation is 1. The van der Waals surface area contributed by atoms with Gasteiger partial charge in [0.1, 0.15) is 0 Å². The van der Waals surface area contributed by atoms with Crippen molar-refractivity contribution in [3.05, 3.63) is 94.0 Å². The molecule has 2 aliphatic rings. The summed E-state index contributed by atoms with van der Waals surface area (Å²) in [7, 11) is 0. The summed E-state index contributed by atoms with van der Waals surface area (Å²) in [5, 5.41) is 5.36. The Balaban J connectivity index is 1.78. The van der Waals surface area contributed by atoms with Crippen molar-refractivity contribution in [2.75, 3.05) is 5.32 Å². The largest absolute Gasteiger partial charge is 0.352 e. The normalized spacial score (nSPS) is 12.1. The minimum absolute atomic E-state index is 0.112. The minimum atomic E-state index is 0.112. The highest BCUT2D eigenvalue weighted by Crippen LogP contribution is 2.32. The van der Waals surface area contributed by atoms with Gasteiger partial charge in [-0.3, -0.25) is 9.98 Å². The van der Waals surface area contributed by atoms with E-state index in [1.807, 2.05) is 60.8 Å². The summed E-state index contributed by atoms with van der Waals surface area (Å²) in [6, 6.07) is 22.0. The van der Waals surface area contributed by atoms with Crippen molar-refractivity contribution in [2.24, 2.45) is 4.99 Å². The van der Waals surface area contributed by atoms with E-state index >= 15 is 0 Å². The molecule has 2 aromatic carbocycles. The zero-order valence-electron chi connectivity index (χ0n) is 19.8. The molecule has 0 radical (unpaired) electrons. The molecule has 5 rings (SSSR count). The first-order valence-corrected chi connectivity index (χ1v) is 12.4. The first kappa shape index (κ1) is 23.3. The smallest absolute Gasteiger partial charge is 0.0900 e. The first-order chi connectivity index (χ1) is 16.9. The molecule has 176 valence electrons. The Bertz CT molecular complexity index is 1550. The fraction of sp³-hybridized carbons (Fsp3) is 0.179. The van der Waals surface area contributed by atoms with Gasteiger partial charge in [-0.1, -0.05) is 42.3 Å². The second kappa shape index (κ2) is 9.68. The van der Waals surface area contributed by atoms with E-state index < -0.39 is 0 Å². The number of fused-ring (bicyclic) bond motifs is 2. The van der Waals surface area contributed by atoms with Crippen LogP contribution < -0.4 is 10.7 Å². The molecule has 0 amide bonds. The van der Waals surface area contributed by atoms with Crippen molar-refractivity contribution >= 4 is 45.6 Å². The fourth-order valence-corrected chi connectivity index (χ4v) is 4.38. The quantitative estimate of drug-likeness (QED) is 0.254. The molecule has 5 nitrogen and oxygen atoms in total. The average Bonchev–Trinajstić information content (AvgIpc) is 2.85. The molecular weight excluding hydrogens is 477 g/mol. The van der Waals surface area contributed by atoms with Crippen molar-refractivity contribution in [3.63, 3.8) is 0 Å². The predicted octanol–water partition coefficient (Wildman–Crippen LogP) is 7.45.